The van der Waals surface area contributed by atoms with E-state index in [9.17, 15) is 19.5 Å². The van der Waals surface area contributed by atoms with Gasteiger partial charge in [0.15, 0.2) is 5.82 Å². The number of likely N-dealkylation sites (N-methyl/N-ethyl adjacent to an activating group) is 1. The Morgan fingerprint density at radius 3 is 2.63 bits per heavy atom. The van der Waals surface area contributed by atoms with Gasteiger partial charge < -0.3 is 25.5 Å². The molecule has 0 spiro atoms. The number of halogens is 1. The Morgan fingerprint density at radius 2 is 1.98 bits per heavy atom. The molecule has 1 aromatic heterocycles. The van der Waals surface area contributed by atoms with Crippen LogP contribution in [0.4, 0.5) is 27.5 Å². The number of carboxylic acids is 1. The van der Waals surface area contributed by atoms with Crippen molar-refractivity contribution in [3.8, 4) is 0 Å². The molecule has 1 aliphatic heterocycles. The molecule has 0 saturated heterocycles. The summed E-state index contributed by atoms with van der Waals surface area (Å²) in [4.78, 5) is 49.5. The first kappa shape index (κ1) is 31.9. The van der Waals surface area contributed by atoms with Crippen LogP contribution in [0.2, 0.25) is 0 Å². The Balaban J connectivity index is 1.37. The summed E-state index contributed by atoms with van der Waals surface area (Å²) in [6, 6.07) is 3.90. The molecule has 43 heavy (non-hydrogen) atoms. The van der Waals surface area contributed by atoms with Gasteiger partial charge in [-0.05, 0) is 62.1 Å². The molecule has 0 radical (unpaired) electrons. The van der Waals surface area contributed by atoms with Crippen molar-refractivity contribution in [1.82, 2.24) is 15.3 Å². The van der Waals surface area contributed by atoms with Gasteiger partial charge in [-0.25, -0.2) is 14.2 Å². The zero-order valence-electron chi connectivity index (χ0n) is 25.5. The maximum absolute atomic E-state index is 15.1. The summed E-state index contributed by atoms with van der Waals surface area (Å²) in [5, 5.41) is 14.9. The lowest BCUT2D eigenvalue weighted by atomic mass is 10.0. The number of anilines is 4. The zero-order chi connectivity index (χ0) is 31.1. The average Bonchev–Trinajstić information content (AvgIpc) is 3.50. The van der Waals surface area contributed by atoms with Crippen LogP contribution >= 0.6 is 0 Å². The van der Waals surface area contributed by atoms with Gasteiger partial charge in [0.1, 0.15) is 23.6 Å². The molecule has 1 fully saturated rings. The Hall–Kier alpha value is -4.02. The van der Waals surface area contributed by atoms with E-state index in [4.69, 9.17) is 4.98 Å². The number of hydrogen-bond donors (Lipinski definition) is 3. The summed E-state index contributed by atoms with van der Waals surface area (Å²) in [7, 11) is 1.75. The number of nitrogens with one attached hydrogen (secondary N) is 2. The molecule has 3 N–H and O–H groups in total. The standard InChI is InChI=1S/C32H43FN6O4/c1-5-26-30(41)38(4)27-19-34-32(37-29(27)39(26)22-12-9-10-13-22)36-24-16-15-21(18-23(24)33)11-7-6-8-14-28(40)35-25(31(42)43)17-20(2)3/h7,11,15-16,18-20,22,25-26H,5-6,8-10,12-14,17H2,1-4H3,(H,35,40)(H,42,43)(H,34,36,37)/b11-7+. The van der Waals surface area contributed by atoms with Crippen LogP contribution in [0.3, 0.4) is 0 Å². The van der Waals surface area contributed by atoms with Crippen molar-refractivity contribution in [1.29, 1.82) is 0 Å². The third-order valence-corrected chi connectivity index (χ3v) is 8.08. The monoisotopic (exact) mass is 594 g/mol. The molecule has 2 atom stereocenters. The summed E-state index contributed by atoms with van der Waals surface area (Å²) in [6.45, 7) is 5.83. The van der Waals surface area contributed by atoms with Gasteiger partial charge in [0.05, 0.1) is 11.9 Å². The predicted molar refractivity (Wildman–Crippen MR) is 166 cm³/mol. The number of amides is 2. The molecule has 2 aromatic rings. The summed E-state index contributed by atoms with van der Waals surface area (Å²) in [6.07, 6.45) is 12.0. The minimum absolute atomic E-state index is 0.0395. The first-order valence-electron chi connectivity index (χ1n) is 15.3. The molecular formula is C32H43FN6O4. The van der Waals surface area contributed by atoms with Gasteiger partial charge in [-0.1, -0.05) is 51.8 Å². The van der Waals surface area contributed by atoms with Gasteiger partial charge in [-0.2, -0.15) is 4.98 Å². The number of rotatable bonds is 13. The van der Waals surface area contributed by atoms with Crippen LogP contribution in [-0.2, 0) is 14.4 Å². The van der Waals surface area contributed by atoms with Crippen LogP contribution in [-0.4, -0.2) is 58.0 Å². The molecule has 1 aromatic carbocycles. The van der Waals surface area contributed by atoms with Gasteiger partial charge in [-0.3, -0.25) is 9.59 Å². The van der Waals surface area contributed by atoms with Crippen LogP contribution in [0.5, 0.6) is 0 Å². The summed E-state index contributed by atoms with van der Waals surface area (Å²) < 4.78 is 15.1. The fourth-order valence-corrected chi connectivity index (χ4v) is 5.86. The van der Waals surface area contributed by atoms with E-state index in [0.29, 0.717) is 42.8 Å². The first-order valence-corrected chi connectivity index (χ1v) is 15.3. The highest BCUT2D eigenvalue weighted by Crippen LogP contribution is 2.40. The third kappa shape index (κ3) is 7.88. The molecule has 10 nitrogen and oxygen atoms in total. The highest BCUT2D eigenvalue weighted by atomic mass is 19.1. The van der Waals surface area contributed by atoms with Crippen molar-refractivity contribution in [2.24, 2.45) is 5.92 Å². The number of aromatic nitrogens is 2. The van der Waals surface area contributed by atoms with E-state index in [-0.39, 0.29) is 47.9 Å². The number of fused-ring (bicyclic) bond motifs is 1. The van der Waals surface area contributed by atoms with Crippen molar-refractivity contribution in [3.63, 3.8) is 0 Å². The quantitative estimate of drug-likeness (QED) is 0.254. The molecule has 2 heterocycles. The number of nitrogens with zero attached hydrogens (tertiary/aromatic N) is 4. The second-order valence-corrected chi connectivity index (χ2v) is 11.8. The minimum atomic E-state index is -1.03. The predicted octanol–water partition coefficient (Wildman–Crippen LogP) is 5.66. The van der Waals surface area contributed by atoms with E-state index >= 15 is 4.39 Å². The number of carbonyl (C=O) groups excluding carboxylic acids is 2. The number of unbranched alkanes of at least 4 members (excludes halogenated alkanes) is 1. The average molecular weight is 595 g/mol. The Bertz CT molecular complexity index is 1340. The lowest BCUT2D eigenvalue weighted by molar-refractivity contribution is -0.142. The molecule has 2 aliphatic rings. The van der Waals surface area contributed by atoms with Gasteiger partial charge >= 0.3 is 5.97 Å². The molecule has 232 valence electrons. The number of hydrogen-bond acceptors (Lipinski definition) is 7. The second-order valence-electron chi connectivity index (χ2n) is 11.8. The molecule has 2 unspecified atom stereocenters. The fraction of sp³-hybridized carbons (Fsp3) is 0.531. The lowest BCUT2D eigenvalue weighted by Gasteiger charge is -2.43. The van der Waals surface area contributed by atoms with E-state index in [1.165, 1.54) is 6.07 Å². The van der Waals surface area contributed by atoms with E-state index in [0.717, 1.165) is 25.7 Å². The van der Waals surface area contributed by atoms with Gasteiger partial charge in [0.25, 0.3) is 0 Å². The highest BCUT2D eigenvalue weighted by molar-refractivity contribution is 6.04. The van der Waals surface area contributed by atoms with E-state index in [1.54, 1.807) is 36.4 Å². The van der Waals surface area contributed by atoms with Gasteiger partial charge in [0.2, 0.25) is 17.8 Å². The molecular weight excluding hydrogens is 551 g/mol. The second kappa shape index (κ2) is 14.4. The van der Waals surface area contributed by atoms with Crippen LogP contribution in [0.1, 0.15) is 84.1 Å². The Labute approximate surface area is 252 Å². The number of carbonyl (C=O) groups is 3. The van der Waals surface area contributed by atoms with Crippen LogP contribution < -0.4 is 20.4 Å². The number of benzene rings is 1. The molecule has 4 rings (SSSR count). The Morgan fingerprint density at radius 1 is 1.23 bits per heavy atom. The summed E-state index contributed by atoms with van der Waals surface area (Å²) in [5.74, 6) is -0.616. The maximum Gasteiger partial charge on any atom is 0.326 e. The van der Waals surface area contributed by atoms with Crippen molar-refractivity contribution >= 4 is 47.0 Å². The van der Waals surface area contributed by atoms with Crippen molar-refractivity contribution in [2.75, 3.05) is 22.2 Å². The summed E-state index contributed by atoms with van der Waals surface area (Å²) in [5.41, 5.74) is 1.56. The third-order valence-electron chi connectivity index (χ3n) is 8.08. The van der Waals surface area contributed by atoms with E-state index < -0.39 is 17.8 Å². The number of carboxylic acid groups (broad SMARTS) is 1. The topological polar surface area (TPSA) is 128 Å². The van der Waals surface area contributed by atoms with E-state index in [2.05, 4.69) is 20.5 Å². The first-order chi connectivity index (χ1) is 20.6. The minimum Gasteiger partial charge on any atom is -0.480 e. The smallest absolute Gasteiger partial charge is 0.326 e. The normalized spacial score (nSPS) is 17.9. The van der Waals surface area contributed by atoms with Crippen molar-refractivity contribution in [2.45, 2.75) is 96.7 Å². The Kier molecular flexibility index (Phi) is 10.7. The largest absolute Gasteiger partial charge is 0.480 e. The SMILES string of the molecule is CCC1C(=O)N(C)c2cnc(Nc3ccc(/C=C/CCCC(=O)NC(CC(C)C)C(=O)O)cc3F)nc2N1C1CCCC1. The van der Waals surface area contributed by atoms with Crippen molar-refractivity contribution < 1.29 is 23.9 Å². The number of aliphatic carboxylic acids is 1. The highest BCUT2D eigenvalue weighted by Gasteiger charge is 2.41. The van der Waals surface area contributed by atoms with Crippen LogP contribution in [0, 0.1) is 11.7 Å². The zero-order valence-corrected chi connectivity index (χ0v) is 25.5. The molecule has 11 heteroatoms. The molecule has 1 aliphatic carbocycles. The molecule has 1 saturated carbocycles. The van der Waals surface area contributed by atoms with Crippen molar-refractivity contribution in [3.05, 3.63) is 41.9 Å². The van der Waals surface area contributed by atoms with Crippen LogP contribution in [0.15, 0.2) is 30.5 Å². The number of allylic oxidation sites excluding steroid dienone is 1. The summed E-state index contributed by atoms with van der Waals surface area (Å²) >= 11 is 0. The maximum atomic E-state index is 15.1. The van der Waals surface area contributed by atoms with E-state index in [1.807, 2.05) is 26.8 Å². The van der Waals surface area contributed by atoms with Gasteiger partial charge in [0, 0.05) is 19.5 Å². The van der Waals surface area contributed by atoms with Crippen LogP contribution in [0.25, 0.3) is 6.08 Å². The lowest BCUT2D eigenvalue weighted by Crippen LogP contribution is -2.55. The molecule has 2 amide bonds. The van der Waals surface area contributed by atoms with Gasteiger partial charge in [-0.15, -0.1) is 0 Å². The fourth-order valence-electron chi connectivity index (χ4n) is 5.86. The molecule has 0 bridgehead atoms.